The summed E-state index contributed by atoms with van der Waals surface area (Å²) in [7, 11) is 0. The van der Waals surface area contributed by atoms with Gasteiger partial charge in [0.25, 0.3) is 0 Å². The van der Waals surface area contributed by atoms with Crippen LogP contribution in [0.25, 0.3) is 0 Å². The van der Waals surface area contributed by atoms with E-state index in [4.69, 9.17) is 4.74 Å². The third kappa shape index (κ3) is 4.78. The summed E-state index contributed by atoms with van der Waals surface area (Å²) in [6.07, 6.45) is 0. The lowest BCUT2D eigenvalue weighted by Crippen LogP contribution is -2.24. The van der Waals surface area contributed by atoms with Gasteiger partial charge in [-0.2, -0.15) is 0 Å². The highest BCUT2D eigenvalue weighted by atomic mass is 16.5. The molecule has 0 aromatic heterocycles. The van der Waals surface area contributed by atoms with Crippen LogP contribution in [0.2, 0.25) is 0 Å². The Morgan fingerprint density at radius 3 is 2.53 bits per heavy atom. The second-order valence-electron chi connectivity index (χ2n) is 4.92. The quantitative estimate of drug-likeness (QED) is 0.781. The Kier molecular flexibility index (Phi) is 6.06. The fraction of sp³-hybridized carbons (Fsp3) is 0.600. The van der Waals surface area contributed by atoms with Gasteiger partial charge in [0.05, 0.1) is 6.61 Å². The van der Waals surface area contributed by atoms with Gasteiger partial charge in [-0.05, 0) is 24.1 Å². The molecule has 17 heavy (non-hydrogen) atoms. The molecule has 96 valence electrons. The molecule has 1 rings (SSSR count). The summed E-state index contributed by atoms with van der Waals surface area (Å²) >= 11 is 0. The monoisotopic (exact) mass is 235 g/mol. The molecule has 1 N–H and O–H groups in total. The number of para-hydroxylation sites is 1. The topological polar surface area (TPSA) is 21.3 Å². The Morgan fingerprint density at radius 2 is 1.88 bits per heavy atom. The first-order valence-electron chi connectivity index (χ1n) is 6.57. The number of benzene rings is 1. The lowest BCUT2D eigenvalue weighted by atomic mass is 10.0. The predicted octanol–water partition coefficient (Wildman–Crippen LogP) is 3.43. The summed E-state index contributed by atoms with van der Waals surface area (Å²) in [5, 5.41) is 3.34. The van der Waals surface area contributed by atoms with Crippen molar-refractivity contribution < 1.29 is 4.74 Å². The minimum Gasteiger partial charge on any atom is -0.493 e. The Balaban J connectivity index is 2.51. The molecule has 0 bridgehead atoms. The summed E-state index contributed by atoms with van der Waals surface area (Å²) < 4.78 is 5.92. The maximum Gasteiger partial charge on any atom is 0.122 e. The molecule has 0 saturated heterocycles. The highest BCUT2D eigenvalue weighted by Crippen LogP contribution is 2.26. The van der Waals surface area contributed by atoms with Crippen molar-refractivity contribution in [2.75, 3.05) is 19.7 Å². The van der Waals surface area contributed by atoms with E-state index >= 15 is 0 Å². The van der Waals surface area contributed by atoms with Crippen LogP contribution < -0.4 is 10.1 Å². The molecule has 0 aliphatic rings. The minimum absolute atomic E-state index is 0.510. The first-order chi connectivity index (χ1) is 8.15. The average molecular weight is 235 g/mol. The molecule has 1 aromatic rings. The Bertz CT molecular complexity index is 322. The van der Waals surface area contributed by atoms with Gasteiger partial charge in [0.2, 0.25) is 0 Å². The summed E-state index contributed by atoms with van der Waals surface area (Å²) in [6, 6.07) is 8.32. The lowest BCUT2D eigenvalue weighted by Gasteiger charge is -2.17. The summed E-state index contributed by atoms with van der Waals surface area (Å²) in [6.45, 7) is 11.5. The molecule has 0 saturated carbocycles. The van der Waals surface area contributed by atoms with E-state index in [1.54, 1.807) is 0 Å². The third-order valence-electron chi connectivity index (χ3n) is 2.81. The number of hydrogen-bond donors (Lipinski definition) is 1. The van der Waals surface area contributed by atoms with E-state index in [-0.39, 0.29) is 0 Å². The van der Waals surface area contributed by atoms with Crippen molar-refractivity contribution in [3.05, 3.63) is 29.8 Å². The minimum atomic E-state index is 0.510. The first-order valence-corrected chi connectivity index (χ1v) is 6.57. The Morgan fingerprint density at radius 1 is 1.18 bits per heavy atom. The molecule has 1 unspecified atom stereocenters. The smallest absolute Gasteiger partial charge is 0.122 e. The molecule has 0 aliphatic carbocycles. The van der Waals surface area contributed by atoms with E-state index < -0.39 is 0 Å². The lowest BCUT2D eigenvalue weighted by molar-refractivity contribution is 0.253. The second-order valence-corrected chi connectivity index (χ2v) is 4.92. The summed E-state index contributed by atoms with van der Waals surface area (Å²) in [5.41, 5.74) is 1.29. The molecule has 0 aliphatic heterocycles. The molecule has 1 atom stereocenters. The van der Waals surface area contributed by atoms with E-state index in [9.17, 15) is 0 Å². The van der Waals surface area contributed by atoms with Gasteiger partial charge in [-0.15, -0.1) is 0 Å². The van der Waals surface area contributed by atoms with E-state index in [1.165, 1.54) is 5.56 Å². The van der Waals surface area contributed by atoms with Crippen molar-refractivity contribution >= 4 is 0 Å². The van der Waals surface area contributed by atoms with Gasteiger partial charge >= 0.3 is 0 Å². The third-order valence-corrected chi connectivity index (χ3v) is 2.81. The SMILES string of the molecule is CCNCC(C)COc1ccccc1C(C)C. The predicted molar refractivity (Wildman–Crippen MR) is 73.7 cm³/mol. The van der Waals surface area contributed by atoms with E-state index in [0.717, 1.165) is 25.4 Å². The molecule has 1 aromatic carbocycles. The molecular weight excluding hydrogens is 210 g/mol. The van der Waals surface area contributed by atoms with Gasteiger partial charge in [0.1, 0.15) is 5.75 Å². The Labute approximate surface area is 105 Å². The molecule has 0 spiro atoms. The second kappa shape index (κ2) is 7.33. The molecule has 0 heterocycles. The van der Waals surface area contributed by atoms with Gasteiger partial charge in [0, 0.05) is 12.5 Å². The molecule has 0 radical (unpaired) electrons. The zero-order valence-electron chi connectivity index (χ0n) is 11.5. The Hall–Kier alpha value is -1.02. The fourth-order valence-corrected chi connectivity index (χ4v) is 1.77. The fourth-order valence-electron chi connectivity index (χ4n) is 1.77. The highest BCUT2D eigenvalue weighted by Gasteiger charge is 2.08. The molecule has 2 nitrogen and oxygen atoms in total. The first kappa shape index (κ1) is 14.0. The van der Waals surface area contributed by atoms with Crippen LogP contribution >= 0.6 is 0 Å². The highest BCUT2D eigenvalue weighted by molar-refractivity contribution is 5.35. The zero-order chi connectivity index (χ0) is 12.7. The van der Waals surface area contributed by atoms with Crippen LogP contribution in [-0.2, 0) is 0 Å². The van der Waals surface area contributed by atoms with Gasteiger partial charge in [-0.1, -0.05) is 45.9 Å². The van der Waals surface area contributed by atoms with Crippen molar-refractivity contribution in [3.8, 4) is 5.75 Å². The zero-order valence-corrected chi connectivity index (χ0v) is 11.5. The average Bonchev–Trinajstić information content (AvgIpc) is 2.34. The van der Waals surface area contributed by atoms with Crippen molar-refractivity contribution in [1.82, 2.24) is 5.32 Å². The number of hydrogen-bond acceptors (Lipinski definition) is 2. The normalized spacial score (nSPS) is 12.8. The summed E-state index contributed by atoms with van der Waals surface area (Å²) in [4.78, 5) is 0. The molecule has 0 fully saturated rings. The number of rotatable bonds is 7. The van der Waals surface area contributed by atoms with Crippen LogP contribution in [0.3, 0.4) is 0 Å². The number of ether oxygens (including phenoxy) is 1. The largest absolute Gasteiger partial charge is 0.493 e. The van der Waals surface area contributed by atoms with Gasteiger partial charge in [0.15, 0.2) is 0 Å². The summed E-state index contributed by atoms with van der Waals surface area (Å²) in [5.74, 6) is 2.08. The molecule has 0 amide bonds. The maximum absolute atomic E-state index is 5.92. The van der Waals surface area contributed by atoms with Gasteiger partial charge < -0.3 is 10.1 Å². The van der Waals surface area contributed by atoms with Crippen molar-refractivity contribution in [2.24, 2.45) is 5.92 Å². The molecule has 2 heteroatoms. The maximum atomic E-state index is 5.92. The van der Waals surface area contributed by atoms with Crippen LogP contribution in [0.15, 0.2) is 24.3 Å². The van der Waals surface area contributed by atoms with Crippen molar-refractivity contribution in [1.29, 1.82) is 0 Å². The van der Waals surface area contributed by atoms with Crippen LogP contribution in [0.5, 0.6) is 5.75 Å². The van der Waals surface area contributed by atoms with Crippen LogP contribution in [0, 0.1) is 5.92 Å². The van der Waals surface area contributed by atoms with Crippen molar-refractivity contribution in [2.45, 2.75) is 33.6 Å². The standard InChI is InChI=1S/C15H25NO/c1-5-16-10-13(4)11-17-15-9-7-6-8-14(15)12(2)3/h6-9,12-13,16H,5,10-11H2,1-4H3. The van der Waals surface area contributed by atoms with E-state index in [0.29, 0.717) is 11.8 Å². The van der Waals surface area contributed by atoms with Crippen LogP contribution in [-0.4, -0.2) is 19.7 Å². The van der Waals surface area contributed by atoms with Gasteiger partial charge in [-0.25, -0.2) is 0 Å². The van der Waals surface area contributed by atoms with E-state index in [1.807, 2.05) is 6.07 Å². The van der Waals surface area contributed by atoms with Crippen LogP contribution in [0.4, 0.5) is 0 Å². The van der Waals surface area contributed by atoms with E-state index in [2.05, 4.69) is 51.2 Å². The van der Waals surface area contributed by atoms with Crippen LogP contribution in [0.1, 0.15) is 39.2 Å². The van der Waals surface area contributed by atoms with Gasteiger partial charge in [-0.3, -0.25) is 0 Å². The number of nitrogens with one attached hydrogen (secondary N) is 1. The van der Waals surface area contributed by atoms with Crippen molar-refractivity contribution in [3.63, 3.8) is 0 Å². The molecular formula is C15H25NO.